The molecule has 28 heavy (non-hydrogen) atoms. The van der Waals surface area contributed by atoms with Crippen LogP contribution in [-0.2, 0) is 9.53 Å². The van der Waals surface area contributed by atoms with Gasteiger partial charge < -0.3 is 15.6 Å². The van der Waals surface area contributed by atoms with Crippen molar-refractivity contribution < 1.29 is 19.4 Å². The van der Waals surface area contributed by atoms with Crippen molar-refractivity contribution >= 4 is 12.1 Å². The lowest BCUT2D eigenvalue weighted by Crippen LogP contribution is -2.43. The highest BCUT2D eigenvalue weighted by atomic mass is 16.6. The summed E-state index contributed by atoms with van der Waals surface area (Å²) in [6.45, 7) is 0.674. The zero-order valence-corrected chi connectivity index (χ0v) is 16.0. The standard InChI is InChI=1S/C22H26N2O4/c1-24(20(21(25)26)12-6-7-13-23)22(27)28-14-19-17-10-4-2-8-15(17)16-9-3-5-11-18(16)19/h2-5,8-11,19-20H,6-7,12-14,23H2,1H3,(H,25,26)/t20-/m1/s1. The minimum absolute atomic E-state index is 0.0507. The van der Waals surface area contributed by atoms with E-state index in [-0.39, 0.29) is 12.5 Å². The average Bonchev–Trinajstić information content (AvgIpc) is 3.02. The van der Waals surface area contributed by atoms with Gasteiger partial charge in [-0.3, -0.25) is 4.90 Å². The Labute approximate surface area is 164 Å². The van der Waals surface area contributed by atoms with Gasteiger partial charge in [0, 0.05) is 13.0 Å². The first-order valence-electron chi connectivity index (χ1n) is 9.55. The number of carboxylic acids is 1. The molecule has 1 aliphatic carbocycles. The molecule has 0 unspecified atom stereocenters. The fourth-order valence-corrected chi connectivity index (χ4v) is 3.79. The van der Waals surface area contributed by atoms with Crippen molar-refractivity contribution in [1.29, 1.82) is 0 Å². The summed E-state index contributed by atoms with van der Waals surface area (Å²) in [5.41, 5.74) is 10.0. The van der Waals surface area contributed by atoms with Crippen LogP contribution in [0.1, 0.15) is 36.3 Å². The van der Waals surface area contributed by atoms with E-state index in [1.807, 2.05) is 36.4 Å². The molecule has 6 heteroatoms. The van der Waals surface area contributed by atoms with Gasteiger partial charge in [0.1, 0.15) is 12.6 Å². The third-order valence-corrected chi connectivity index (χ3v) is 5.31. The van der Waals surface area contributed by atoms with E-state index in [9.17, 15) is 14.7 Å². The molecule has 1 amide bonds. The molecule has 0 saturated carbocycles. The molecule has 0 spiro atoms. The SMILES string of the molecule is CN(C(=O)OCC1c2ccccc2-c2ccccc21)[C@H](CCCCN)C(=O)O. The number of fused-ring (bicyclic) bond motifs is 3. The monoisotopic (exact) mass is 382 g/mol. The molecule has 2 aromatic carbocycles. The lowest BCUT2D eigenvalue weighted by Gasteiger charge is -2.25. The lowest BCUT2D eigenvalue weighted by molar-refractivity contribution is -0.142. The van der Waals surface area contributed by atoms with E-state index in [1.54, 1.807) is 0 Å². The fraction of sp³-hybridized carbons (Fsp3) is 0.364. The number of carbonyl (C=O) groups is 2. The molecule has 0 fully saturated rings. The third-order valence-electron chi connectivity index (χ3n) is 5.31. The molecule has 1 aliphatic rings. The number of unbranched alkanes of at least 4 members (excludes halogenated alkanes) is 1. The molecular formula is C22H26N2O4. The number of nitrogens with zero attached hydrogens (tertiary/aromatic N) is 1. The number of aliphatic carboxylic acids is 1. The van der Waals surface area contributed by atoms with E-state index < -0.39 is 18.1 Å². The summed E-state index contributed by atoms with van der Waals surface area (Å²) >= 11 is 0. The number of rotatable bonds is 8. The Morgan fingerprint density at radius 3 is 2.18 bits per heavy atom. The number of hydrogen-bond donors (Lipinski definition) is 2. The number of amides is 1. The quantitative estimate of drug-likeness (QED) is 0.682. The average molecular weight is 382 g/mol. The molecule has 1 atom stereocenters. The van der Waals surface area contributed by atoms with E-state index in [0.717, 1.165) is 28.7 Å². The van der Waals surface area contributed by atoms with Crippen LogP contribution in [0.25, 0.3) is 11.1 Å². The van der Waals surface area contributed by atoms with Crippen molar-refractivity contribution in [3.05, 3.63) is 59.7 Å². The summed E-state index contributed by atoms with van der Waals surface area (Å²) < 4.78 is 5.54. The van der Waals surface area contributed by atoms with Crippen LogP contribution >= 0.6 is 0 Å². The molecule has 3 rings (SSSR count). The summed E-state index contributed by atoms with van der Waals surface area (Å²) in [5, 5.41) is 9.45. The van der Waals surface area contributed by atoms with Crippen LogP contribution in [0.4, 0.5) is 4.79 Å². The van der Waals surface area contributed by atoms with Crippen LogP contribution in [0.3, 0.4) is 0 Å². The van der Waals surface area contributed by atoms with Crippen LogP contribution in [0.15, 0.2) is 48.5 Å². The summed E-state index contributed by atoms with van der Waals surface area (Å²) in [5.74, 6) is -1.08. The molecule has 0 aliphatic heterocycles. The lowest BCUT2D eigenvalue weighted by atomic mass is 9.98. The highest BCUT2D eigenvalue weighted by Gasteiger charge is 2.31. The van der Waals surface area contributed by atoms with Gasteiger partial charge in [-0.05, 0) is 48.1 Å². The van der Waals surface area contributed by atoms with Crippen LogP contribution < -0.4 is 5.73 Å². The van der Waals surface area contributed by atoms with Gasteiger partial charge in [0.2, 0.25) is 0 Å². The first-order valence-corrected chi connectivity index (χ1v) is 9.55. The van der Waals surface area contributed by atoms with Gasteiger partial charge in [0.25, 0.3) is 0 Å². The normalized spacial score (nSPS) is 13.5. The zero-order valence-electron chi connectivity index (χ0n) is 16.0. The van der Waals surface area contributed by atoms with E-state index >= 15 is 0 Å². The van der Waals surface area contributed by atoms with E-state index in [0.29, 0.717) is 19.4 Å². The van der Waals surface area contributed by atoms with Crippen molar-refractivity contribution in [2.45, 2.75) is 31.2 Å². The number of nitrogens with two attached hydrogens (primary N) is 1. The Kier molecular flexibility index (Phi) is 6.31. The first-order chi connectivity index (χ1) is 13.5. The molecular weight excluding hydrogens is 356 g/mol. The molecule has 6 nitrogen and oxygen atoms in total. The summed E-state index contributed by atoms with van der Waals surface area (Å²) in [6.07, 6.45) is 1.10. The first kappa shape index (κ1) is 19.9. The minimum Gasteiger partial charge on any atom is -0.480 e. The van der Waals surface area contributed by atoms with Crippen LogP contribution in [0.5, 0.6) is 0 Å². The van der Waals surface area contributed by atoms with E-state index in [2.05, 4.69) is 12.1 Å². The number of benzene rings is 2. The van der Waals surface area contributed by atoms with Crippen molar-refractivity contribution in [2.24, 2.45) is 5.73 Å². The maximum Gasteiger partial charge on any atom is 0.410 e. The van der Waals surface area contributed by atoms with Gasteiger partial charge in [-0.2, -0.15) is 0 Å². The van der Waals surface area contributed by atoms with Crippen molar-refractivity contribution in [3.63, 3.8) is 0 Å². The van der Waals surface area contributed by atoms with Crippen LogP contribution in [0.2, 0.25) is 0 Å². The zero-order chi connectivity index (χ0) is 20.1. The number of ether oxygens (including phenoxy) is 1. The number of likely N-dealkylation sites (N-methyl/N-ethyl adjacent to an activating group) is 1. The van der Waals surface area contributed by atoms with Gasteiger partial charge in [-0.25, -0.2) is 9.59 Å². The second-order valence-electron chi connectivity index (χ2n) is 7.05. The fourth-order valence-electron chi connectivity index (χ4n) is 3.79. The van der Waals surface area contributed by atoms with E-state index in [4.69, 9.17) is 10.5 Å². The Hall–Kier alpha value is -2.86. The predicted molar refractivity (Wildman–Crippen MR) is 107 cm³/mol. The minimum atomic E-state index is -1.03. The topological polar surface area (TPSA) is 92.9 Å². The van der Waals surface area contributed by atoms with Gasteiger partial charge >= 0.3 is 12.1 Å². The molecule has 2 aromatic rings. The Morgan fingerprint density at radius 1 is 1.07 bits per heavy atom. The largest absolute Gasteiger partial charge is 0.480 e. The third kappa shape index (κ3) is 4.02. The molecule has 0 aromatic heterocycles. The number of carboxylic acid groups (broad SMARTS) is 1. The summed E-state index contributed by atoms with van der Waals surface area (Å²) in [7, 11) is 1.47. The molecule has 148 valence electrons. The molecule has 0 bridgehead atoms. The molecule has 3 N–H and O–H groups in total. The van der Waals surface area contributed by atoms with E-state index in [1.165, 1.54) is 11.9 Å². The Balaban J connectivity index is 1.69. The Morgan fingerprint density at radius 2 is 1.64 bits per heavy atom. The summed E-state index contributed by atoms with van der Waals surface area (Å²) in [4.78, 5) is 25.2. The van der Waals surface area contributed by atoms with Gasteiger partial charge in [0.15, 0.2) is 0 Å². The summed E-state index contributed by atoms with van der Waals surface area (Å²) in [6, 6.07) is 15.3. The van der Waals surface area contributed by atoms with Crippen molar-refractivity contribution in [1.82, 2.24) is 4.90 Å². The van der Waals surface area contributed by atoms with Gasteiger partial charge in [-0.1, -0.05) is 48.5 Å². The van der Waals surface area contributed by atoms with Crippen LogP contribution in [-0.4, -0.2) is 48.3 Å². The highest BCUT2D eigenvalue weighted by Crippen LogP contribution is 2.44. The molecule has 0 saturated heterocycles. The van der Waals surface area contributed by atoms with Gasteiger partial charge in [0.05, 0.1) is 0 Å². The Bertz CT molecular complexity index is 806. The second kappa shape index (κ2) is 8.89. The number of carbonyl (C=O) groups excluding carboxylic acids is 1. The second-order valence-corrected chi connectivity index (χ2v) is 7.05. The van der Waals surface area contributed by atoms with Crippen molar-refractivity contribution in [2.75, 3.05) is 20.2 Å². The smallest absolute Gasteiger partial charge is 0.410 e. The maximum atomic E-state index is 12.5. The molecule has 0 heterocycles. The maximum absolute atomic E-state index is 12.5. The predicted octanol–water partition coefficient (Wildman–Crippen LogP) is 3.45. The highest BCUT2D eigenvalue weighted by molar-refractivity contribution is 5.81. The van der Waals surface area contributed by atoms with Crippen molar-refractivity contribution in [3.8, 4) is 11.1 Å². The molecule has 0 radical (unpaired) electrons. The van der Waals surface area contributed by atoms with Gasteiger partial charge in [-0.15, -0.1) is 0 Å². The number of hydrogen-bond acceptors (Lipinski definition) is 4. The van der Waals surface area contributed by atoms with Crippen LogP contribution in [0, 0.1) is 0 Å².